The molecule has 0 fully saturated rings. The maximum absolute atomic E-state index is 7.88. The van der Waals surface area contributed by atoms with Crippen molar-refractivity contribution in [2.45, 2.75) is 0 Å². The van der Waals surface area contributed by atoms with E-state index in [9.17, 15) is 0 Å². The van der Waals surface area contributed by atoms with E-state index in [1.54, 1.807) is 0 Å². The van der Waals surface area contributed by atoms with E-state index in [4.69, 9.17) is 8.22 Å². The Balaban J connectivity index is 3.22. The number of hydrogen-bond acceptors (Lipinski definition) is 0. The van der Waals surface area contributed by atoms with Crippen LogP contribution in [-0.2, 0) is 0 Å². The molecule has 0 bridgehead atoms. The van der Waals surface area contributed by atoms with Gasteiger partial charge in [0.1, 0.15) is 0 Å². The minimum absolute atomic E-state index is 0.0566. The SMILES string of the molecule is [2H]c1c(Br)c([2H])c2c([2H])c([2H])c(Br)c([2H])c2c1[2H]. The minimum Gasteiger partial charge on any atom is -0.0532 e. The monoisotopic (exact) mass is 290 g/mol. The van der Waals surface area contributed by atoms with Gasteiger partial charge < -0.3 is 0 Å². The van der Waals surface area contributed by atoms with Crippen molar-refractivity contribution in [3.8, 4) is 0 Å². The van der Waals surface area contributed by atoms with Gasteiger partial charge >= 0.3 is 0 Å². The molecule has 0 atom stereocenters. The zero-order chi connectivity index (χ0) is 13.8. The molecule has 0 N–H and O–H groups in total. The summed E-state index contributed by atoms with van der Waals surface area (Å²) in [4.78, 5) is 0. The van der Waals surface area contributed by atoms with Gasteiger partial charge in [-0.25, -0.2) is 0 Å². The van der Waals surface area contributed by atoms with Gasteiger partial charge in [0.25, 0.3) is 0 Å². The lowest BCUT2D eigenvalue weighted by Gasteiger charge is -1.98. The van der Waals surface area contributed by atoms with E-state index in [2.05, 4.69) is 31.9 Å². The molecule has 0 nitrogen and oxygen atoms in total. The van der Waals surface area contributed by atoms with Crippen LogP contribution >= 0.6 is 31.9 Å². The average molecular weight is 292 g/mol. The molecule has 0 amide bonds. The molecule has 0 aliphatic rings. The van der Waals surface area contributed by atoms with E-state index in [1.165, 1.54) is 0 Å². The lowest BCUT2D eigenvalue weighted by molar-refractivity contribution is 1.67. The minimum atomic E-state index is -0.216. The van der Waals surface area contributed by atoms with Crippen molar-refractivity contribution in [2.24, 2.45) is 0 Å². The Hall–Kier alpha value is -0.340. The Morgan fingerprint density at radius 2 is 1.25 bits per heavy atom. The second-order valence-electron chi connectivity index (χ2n) is 2.13. The van der Waals surface area contributed by atoms with Crippen LogP contribution in [0.5, 0.6) is 0 Å². The van der Waals surface area contributed by atoms with Crippen molar-refractivity contribution in [2.75, 3.05) is 0 Å². The summed E-state index contributed by atoms with van der Waals surface area (Å²) in [6.07, 6.45) is 0. The van der Waals surface area contributed by atoms with Gasteiger partial charge in [-0.1, -0.05) is 43.9 Å². The standard InChI is InChI=1S/C10H6Br2/c11-9-3-1-7-5-10(12)4-2-8(7)6-9/h1-6H/i1D,2D,3D,4D,5D,6D. The van der Waals surface area contributed by atoms with Crippen molar-refractivity contribution >= 4 is 42.6 Å². The quantitative estimate of drug-likeness (QED) is 0.676. The molecule has 0 aliphatic carbocycles. The van der Waals surface area contributed by atoms with Gasteiger partial charge in [0.2, 0.25) is 0 Å². The van der Waals surface area contributed by atoms with Crippen LogP contribution in [0.25, 0.3) is 10.8 Å². The van der Waals surface area contributed by atoms with E-state index in [1.807, 2.05) is 0 Å². The molecule has 0 saturated heterocycles. The fourth-order valence-electron chi connectivity index (χ4n) is 0.829. The van der Waals surface area contributed by atoms with E-state index in [-0.39, 0.29) is 56.0 Å². The van der Waals surface area contributed by atoms with Crippen molar-refractivity contribution in [3.63, 3.8) is 0 Å². The number of fused-ring (bicyclic) bond motifs is 1. The highest BCUT2D eigenvalue weighted by atomic mass is 79.9. The van der Waals surface area contributed by atoms with Crippen LogP contribution in [0.15, 0.2) is 45.2 Å². The van der Waals surface area contributed by atoms with E-state index in [0.29, 0.717) is 0 Å². The lowest BCUT2D eigenvalue weighted by Crippen LogP contribution is -1.72. The third-order valence-electron chi connectivity index (χ3n) is 1.31. The van der Waals surface area contributed by atoms with Gasteiger partial charge in [0, 0.05) is 8.95 Å². The van der Waals surface area contributed by atoms with Crippen LogP contribution in [0.2, 0.25) is 0 Å². The summed E-state index contributed by atoms with van der Waals surface area (Å²) in [5, 5.41) is 0.113. The summed E-state index contributed by atoms with van der Waals surface area (Å²) < 4.78 is 47.1. The highest BCUT2D eigenvalue weighted by Crippen LogP contribution is 2.22. The normalized spacial score (nSPS) is 17.5. The topological polar surface area (TPSA) is 0 Å². The van der Waals surface area contributed by atoms with Crippen molar-refractivity contribution in [1.82, 2.24) is 0 Å². The highest BCUT2D eigenvalue weighted by molar-refractivity contribution is 9.10. The van der Waals surface area contributed by atoms with Crippen LogP contribution < -0.4 is 0 Å². The van der Waals surface area contributed by atoms with Crippen molar-refractivity contribution in [3.05, 3.63) is 45.2 Å². The van der Waals surface area contributed by atoms with Gasteiger partial charge in [-0.05, 0) is 34.9 Å². The highest BCUT2D eigenvalue weighted by Gasteiger charge is 1.94. The molecular weight excluding hydrogens is 280 g/mol. The molecule has 0 radical (unpaired) electrons. The molecule has 0 aliphatic heterocycles. The van der Waals surface area contributed by atoms with E-state index < -0.39 is 0 Å². The Bertz CT molecular complexity index is 569. The fourth-order valence-corrected chi connectivity index (χ4v) is 1.42. The maximum atomic E-state index is 7.88. The summed E-state index contributed by atoms with van der Waals surface area (Å²) in [6.45, 7) is 0. The van der Waals surface area contributed by atoms with Gasteiger partial charge in [0.15, 0.2) is 0 Å². The number of halogens is 2. The molecule has 60 valence electrons. The lowest BCUT2D eigenvalue weighted by atomic mass is 10.1. The first kappa shape index (κ1) is 3.81. The summed E-state index contributed by atoms with van der Waals surface area (Å²) >= 11 is 6.08. The predicted molar refractivity (Wildman–Crippen MR) is 59.3 cm³/mol. The molecule has 0 heterocycles. The molecule has 0 saturated carbocycles. The number of hydrogen-bond donors (Lipinski definition) is 0. The van der Waals surface area contributed by atoms with Crippen molar-refractivity contribution < 1.29 is 8.22 Å². The zero-order valence-electron chi connectivity index (χ0n) is 11.8. The van der Waals surface area contributed by atoms with Crippen LogP contribution in [0.3, 0.4) is 0 Å². The first-order valence-corrected chi connectivity index (χ1v) is 4.71. The predicted octanol–water partition coefficient (Wildman–Crippen LogP) is 4.36. The molecular formula is C10H6Br2. The van der Waals surface area contributed by atoms with Crippen LogP contribution in [0, 0.1) is 0 Å². The summed E-state index contributed by atoms with van der Waals surface area (Å²) in [7, 11) is 0. The summed E-state index contributed by atoms with van der Waals surface area (Å²) in [6, 6.07) is -1.08. The van der Waals surface area contributed by atoms with Crippen molar-refractivity contribution in [1.29, 1.82) is 0 Å². The first-order valence-electron chi connectivity index (χ1n) is 6.13. The maximum Gasteiger partial charge on any atom is 0.0641 e. The Labute approximate surface area is 96.3 Å². The van der Waals surface area contributed by atoms with Crippen LogP contribution in [-0.4, -0.2) is 0 Å². The molecule has 2 rings (SSSR count). The second kappa shape index (κ2) is 3.19. The summed E-state index contributed by atoms with van der Waals surface area (Å²) in [5.41, 5.74) is 0. The Kier molecular flexibility index (Phi) is 1.01. The number of benzene rings is 2. The molecule has 2 aromatic rings. The zero-order valence-corrected chi connectivity index (χ0v) is 8.93. The smallest absolute Gasteiger partial charge is 0.0532 e. The van der Waals surface area contributed by atoms with Crippen LogP contribution in [0.4, 0.5) is 0 Å². The molecule has 12 heavy (non-hydrogen) atoms. The van der Waals surface area contributed by atoms with Gasteiger partial charge in [-0.15, -0.1) is 0 Å². The van der Waals surface area contributed by atoms with Gasteiger partial charge in [-0.2, -0.15) is 0 Å². The summed E-state index contributed by atoms with van der Waals surface area (Å²) in [5.74, 6) is 0. The third-order valence-corrected chi connectivity index (χ3v) is 2.11. The Morgan fingerprint density at radius 1 is 0.833 bits per heavy atom. The van der Waals surface area contributed by atoms with E-state index in [0.717, 1.165) is 0 Å². The van der Waals surface area contributed by atoms with Gasteiger partial charge in [0.05, 0.1) is 8.22 Å². The van der Waals surface area contributed by atoms with Gasteiger partial charge in [-0.3, -0.25) is 0 Å². The second-order valence-corrected chi connectivity index (χ2v) is 3.71. The number of rotatable bonds is 0. The Morgan fingerprint density at radius 3 is 1.67 bits per heavy atom. The molecule has 0 spiro atoms. The third kappa shape index (κ3) is 1.54. The molecule has 2 heteroatoms. The molecule has 2 aromatic carbocycles. The average Bonchev–Trinajstić information content (AvgIpc) is 2.35. The van der Waals surface area contributed by atoms with E-state index >= 15 is 0 Å². The van der Waals surface area contributed by atoms with Crippen LogP contribution in [0.1, 0.15) is 8.22 Å². The molecule has 0 aromatic heterocycles. The first-order chi connectivity index (χ1) is 8.29. The largest absolute Gasteiger partial charge is 0.0641 e. The molecule has 0 unspecified atom stereocenters. The fraction of sp³-hybridized carbons (Fsp3) is 0.